The Morgan fingerprint density at radius 2 is 2.11 bits per heavy atom. The van der Waals surface area contributed by atoms with Crippen LogP contribution >= 0.6 is 11.6 Å². The average Bonchev–Trinajstić information content (AvgIpc) is 2.56. The third-order valence-corrected chi connectivity index (χ3v) is 3.63. The highest BCUT2D eigenvalue weighted by molar-refractivity contribution is 6.31. The average molecular weight is 274 g/mol. The van der Waals surface area contributed by atoms with Crippen LogP contribution in [-0.2, 0) is 13.1 Å². The Morgan fingerprint density at radius 3 is 2.67 bits per heavy atom. The lowest BCUT2D eigenvalue weighted by atomic mass is 9.90. The van der Waals surface area contributed by atoms with Gasteiger partial charge >= 0.3 is 0 Å². The quantitative estimate of drug-likeness (QED) is 0.802. The molecule has 0 radical (unpaired) electrons. The van der Waals surface area contributed by atoms with Crippen molar-refractivity contribution in [2.45, 2.75) is 47.2 Å². The molecule has 2 N–H and O–H groups in total. The van der Waals surface area contributed by atoms with Gasteiger partial charge in [0, 0.05) is 26.2 Å². The fourth-order valence-electron chi connectivity index (χ4n) is 1.95. The first-order valence-corrected chi connectivity index (χ1v) is 6.82. The predicted molar refractivity (Wildman–Crippen MR) is 74.8 cm³/mol. The fourth-order valence-corrected chi connectivity index (χ4v) is 2.15. The highest BCUT2D eigenvalue weighted by atomic mass is 35.5. The summed E-state index contributed by atoms with van der Waals surface area (Å²) in [6.45, 7) is 10.9. The second-order valence-electron chi connectivity index (χ2n) is 5.40. The molecular weight excluding hydrogens is 250 g/mol. The van der Waals surface area contributed by atoms with Gasteiger partial charge in [0.25, 0.3) is 0 Å². The Hall–Kier alpha value is -0.580. The van der Waals surface area contributed by atoms with Crippen LogP contribution < -0.4 is 5.32 Å². The maximum absolute atomic E-state index is 8.98. The number of nitrogens with zero attached hydrogens (tertiary/aromatic N) is 2. The highest BCUT2D eigenvalue weighted by Gasteiger charge is 2.18. The van der Waals surface area contributed by atoms with E-state index in [1.54, 1.807) is 0 Å². The van der Waals surface area contributed by atoms with Gasteiger partial charge < -0.3 is 10.4 Å². The molecule has 1 aromatic rings. The van der Waals surface area contributed by atoms with Gasteiger partial charge in [-0.05, 0) is 25.7 Å². The third-order valence-electron chi connectivity index (χ3n) is 3.14. The molecule has 4 nitrogen and oxygen atoms in total. The summed E-state index contributed by atoms with van der Waals surface area (Å²) < 4.78 is 1.93. The van der Waals surface area contributed by atoms with E-state index >= 15 is 0 Å². The van der Waals surface area contributed by atoms with E-state index in [0.29, 0.717) is 6.54 Å². The maximum atomic E-state index is 8.98. The summed E-state index contributed by atoms with van der Waals surface area (Å²) in [5.74, 6) is 0. The minimum atomic E-state index is 0.0906. The van der Waals surface area contributed by atoms with Crippen LogP contribution in [0.1, 0.15) is 38.6 Å². The summed E-state index contributed by atoms with van der Waals surface area (Å²) in [6, 6.07) is 0. The van der Waals surface area contributed by atoms with Gasteiger partial charge in [0.1, 0.15) is 0 Å². The first kappa shape index (κ1) is 15.5. The fraction of sp³-hybridized carbons (Fsp3) is 0.769. The Morgan fingerprint density at radius 1 is 1.44 bits per heavy atom. The molecular formula is C13H24ClN3O. The van der Waals surface area contributed by atoms with Crippen molar-refractivity contribution in [3.8, 4) is 0 Å². The molecule has 5 heteroatoms. The Labute approximate surface area is 114 Å². The zero-order valence-corrected chi connectivity index (χ0v) is 12.5. The van der Waals surface area contributed by atoms with E-state index in [1.807, 2.05) is 11.6 Å². The van der Waals surface area contributed by atoms with Crippen molar-refractivity contribution in [2.24, 2.45) is 5.41 Å². The van der Waals surface area contributed by atoms with E-state index < -0.39 is 0 Å². The molecule has 1 rings (SSSR count). The summed E-state index contributed by atoms with van der Waals surface area (Å²) in [6.07, 6.45) is 0.791. The second kappa shape index (κ2) is 6.55. The zero-order chi connectivity index (χ0) is 13.8. The molecule has 0 bridgehead atoms. The zero-order valence-electron chi connectivity index (χ0n) is 11.8. The first-order valence-electron chi connectivity index (χ1n) is 6.44. The lowest BCUT2D eigenvalue weighted by molar-refractivity contribution is 0.206. The number of aryl methyl sites for hydroxylation is 2. The van der Waals surface area contributed by atoms with Gasteiger partial charge in [-0.25, -0.2) is 0 Å². The Balaban J connectivity index is 2.59. The molecule has 0 amide bonds. The molecule has 1 aromatic heterocycles. The van der Waals surface area contributed by atoms with Crippen molar-refractivity contribution in [1.29, 1.82) is 0 Å². The Kier molecular flexibility index (Phi) is 5.63. The third kappa shape index (κ3) is 3.97. The largest absolute Gasteiger partial charge is 0.396 e. The molecule has 0 aromatic carbocycles. The molecule has 0 saturated carbocycles. The van der Waals surface area contributed by atoms with E-state index in [1.165, 1.54) is 0 Å². The number of rotatable bonds is 7. The minimum absolute atomic E-state index is 0.0906. The molecule has 0 spiro atoms. The van der Waals surface area contributed by atoms with E-state index in [4.69, 9.17) is 16.7 Å². The van der Waals surface area contributed by atoms with Gasteiger partial charge in [0.2, 0.25) is 0 Å². The lowest BCUT2D eigenvalue weighted by Crippen LogP contribution is -2.30. The molecule has 0 aliphatic rings. The number of hydrogen-bond acceptors (Lipinski definition) is 3. The number of nitrogens with one attached hydrogen (secondary N) is 1. The number of aliphatic hydroxyl groups is 1. The smallest absolute Gasteiger partial charge is 0.0860 e. The lowest BCUT2D eigenvalue weighted by Gasteiger charge is -2.24. The highest BCUT2D eigenvalue weighted by Crippen LogP contribution is 2.21. The van der Waals surface area contributed by atoms with Crippen LogP contribution in [0.15, 0.2) is 0 Å². The van der Waals surface area contributed by atoms with Gasteiger partial charge in [0.05, 0.1) is 16.4 Å². The van der Waals surface area contributed by atoms with Crippen molar-refractivity contribution in [3.63, 3.8) is 0 Å². The van der Waals surface area contributed by atoms with Crippen LogP contribution in [0, 0.1) is 12.3 Å². The maximum Gasteiger partial charge on any atom is 0.0860 e. The van der Waals surface area contributed by atoms with E-state index in [2.05, 4.69) is 31.2 Å². The summed E-state index contributed by atoms with van der Waals surface area (Å²) in [4.78, 5) is 0. The summed E-state index contributed by atoms with van der Waals surface area (Å²) in [5.41, 5.74) is 2.01. The standard InChI is InChI=1S/C13H24ClN3O/c1-5-17-11(12(14)10(2)16-17)8-15-9-13(3,4)6-7-18/h15,18H,5-9H2,1-4H3. The molecule has 18 heavy (non-hydrogen) atoms. The predicted octanol–water partition coefficient (Wildman–Crippen LogP) is 2.36. The molecule has 0 saturated heterocycles. The number of hydrogen-bond donors (Lipinski definition) is 2. The van der Waals surface area contributed by atoms with Crippen LogP contribution in [0.3, 0.4) is 0 Å². The number of aromatic nitrogens is 2. The van der Waals surface area contributed by atoms with E-state index in [0.717, 1.165) is 35.9 Å². The molecule has 0 unspecified atom stereocenters. The Bertz CT molecular complexity index is 388. The monoisotopic (exact) mass is 273 g/mol. The minimum Gasteiger partial charge on any atom is -0.396 e. The van der Waals surface area contributed by atoms with Crippen LogP contribution in [0.2, 0.25) is 5.02 Å². The van der Waals surface area contributed by atoms with Crippen LogP contribution in [0.25, 0.3) is 0 Å². The van der Waals surface area contributed by atoms with Crippen molar-refractivity contribution < 1.29 is 5.11 Å². The van der Waals surface area contributed by atoms with E-state index in [-0.39, 0.29) is 12.0 Å². The van der Waals surface area contributed by atoms with Gasteiger partial charge in [-0.3, -0.25) is 4.68 Å². The van der Waals surface area contributed by atoms with E-state index in [9.17, 15) is 0 Å². The molecule has 104 valence electrons. The van der Waals surface area contributed by atoms with Gasteiger partial charge in [-0.1, -0.05) is 25.4 Å². The topological polar surface area (TPSA) is 50.1 Å². The van der Waals surface area contributed by atoms with Gasteiger partial charge in [0.15, 0.2) is 0 Å². The summed E-state index contributed by atoms with van der Waals surface area (Å²) >= 11 is 6.24. The van der Waals surface area contributed by atoms with Crippen molar-refractivity contribution in [1.82, 2.24) is 15.1 Å². The molecule has 1 heterocycles. The number of halogens is 1. The normalized spacial score (nSPS) is 12.1. The van der Waals surface area contributed by atoms with Crippen molar-refractivity contribution in [3.05, 3.63) is 16.4 Å². The molecule has 0 fully saturated rings. The van der Waals surface area contributed by atoms with Crippen LogP contribution in [0.5, 0.6) is 0 Å². The SMILES string of the molecule is CCn1nc(C)c(Cl)c1CNCC(C)(C)CCO. The second-order valence-corrected chi connectivity index (χ2v) is 5.78. The molecule has 0 aliphatic carbocycles. The summed E-state index contributed by atoms with van der Waals surface area (Å²) in [5, 5.41) is 17.5. The molecule has 0 aliphatic heterocycles. The van der Waals surface area contributed by atoms with Crippen molar-refractivity contribution >= 4 is 11.6 Å². The first-order chi connectivity index (χ1) is 8.41. The van der Waals surface area contributed by atoms with Gasteiger partial charge in [-0.15, -0.1) is 0 Å². The summed E-state index contributed by atoms with van der Waals surface area (Å²) in [7, 11) is 0. The molecule has 0 atom stereocenters. The van der Waals surface area contributed by atoms with Crippen LogP contribution in [0.4, 0.5) is 0 Å². The number of aliphatic hydroxyl groups excluding tert-OH is 1. The van der Waals surface area contributed by atoms with Crippen molar-refractivity contribution in [2.75, 3.05) is 13.2 Å². The van der Waals surface area contributed by atoms with Crippen LogP contribution in [-0.4, -0.2) is 28.0 Å². The van der Waals surface area contributed by atoms with Gasteiger partial charge in [-0.2, -0.15) is 5.10 Å².